The summed E-state index contributed by atoms with van der Waals surface area (Å²) in [6, 6.07) is 10.3. The second-order valence-electron chi connectivity index (χ2n) is 6.84. The normalized spacial score (nSPS) is 12.5. The van der Waals surface area contributed by atoms with Gasteiger partial charge in [0.05, 0.1) is 17.9 Å². The zero-order chi connectivity index (χ0) is 23.8. The van der Waals surface area contributed by atoms with Crippen molar-refractivity contribution in [3.63, 3.8) is 0 Å². The molecule has 0 bridgehead atoms. The first-order valence-corrected chi connectivity index (χ1v) is 10.5. The number of hydrogen-bond donors (Lipinski definition) is 2. The predicted molar refractivity (Wildman–Crippen MR) is 126 cm³/mol. The average molecular weight is 471 g/mol. The van der Waals surface area contributed by atoms with E-state index in [1.165, 1.54) is 22.3 Å². The summed E-state index contributed by atoms with van der Waals surface area (Å²) in [7, 11) is 0. The Balaban J connectivity index is 1.79. The molecule has 0 spiro atoms. The standard InChI is InChI=1S/C23H21F3N6S/c1-4-17(14-29-21-11-16(2)31-33-21)13-28-15-30-22-20(9-6-10-32(22)27-3)18-7-5-8-19(12-18)23(24,25)26/h1,5-12,14,28-29H,3,13,15H2,2H3/b17-14+,30-22?. The van der Waals surface area contributed by atoms with Gasteiger partial charge in [0, 0.05) is 36.8 Å². The van der Waals surface area contributed by atoms with Crippen LogP contribution in [0.3, 0.4) is 0 Å². The molecule has 2 N–H and O–H groups in total. The van der Waals surface area contributed by atoms with Gasteiger partial charge in [0.1, 0.15) is 5.00 Å². The SMILES string of the molecule is C#C/C(=C\Nc1cc(C)ns1)CNCN=c1c(-c2cccc(C(F)(F)F)c2)cccn1N=C. The Kier molecular flexibility index (Phi) is 7.82. The van der Waals surface area contributed by atoms with E-state index >= 15 is 0 Å². The number of alkyl halides is 3. The lowest BCUT2D eigenvalue weighted by Crippen LogP contribution is -2.24. The van der Waals surface area contributed by atoms with Gasteiger partial charge in [0.2, 0.25) is 0 Å². The van der Waals surface area contributed by atoms with E-state index in [0.29, 0.717) is 28.7 Å². The van der Waals surface area contributed by atoms with Gasteiger partial charge in [-0.3, -0.25) is 10.3 Å². The number of terminal acetylenes is 1. The van der Waals surface area contributed by atoms with Crippen LogP contribution in [0.2, 0.25) is 0 Å². The highest BCUT2D eigenvalue weighted by Crippen LogP contribution is 2.31. The third kappa shape index (κ3) is 6.41. The Bertz CT molecular complexity index is 1260. The van der Waals surface area contributed by atoms with Crippen LogP contribution in [-0.4, -0.2) is 29.0 Å². The molecule has 0 saturated heterocycles. The van der Waals surface area contributed by atoms with Crippen LogP contribution in [0.4, 0.5) is 18.2 Å². The molecule has 2 aromatic heterocycles. The minimum absolute atomic E-state index is 0.157. The molecule has 6 nitrogen and oxygen atoms in total. The third-order valence-electron chi connectivity index (χ3n) is 4.46. The molecular formula is C23H21F3N6S. The van der Waals surface area contributed by atoms with E-state index in [0.717, 1.165) is 22.8 Å². The topological polar surface area (TPSA) is 66.6 Å². The van der Waals surface area contributed by atoms with E-state index in [-0.39, 0.29) is 6.67 Å². The summed E-state index contributed by atoms with van der Waals surface area (Å²) in [4.78, 5) is 4.49. The summed E-state index contributed by atoms with van der Waals surface area (Å²) in [5, 5.41) is 11.0. The summed E-state index contributed by atoms with van der Waals surface area (Å²) in [6.45, 7) is 5.93. The molecule has 0 atom stereocenters. The Labute approximate surface area is 193 Å². The molecule has 3 rings (SSSR count). The van der Waals surface area contributed by atoms with Crippen molar-refractivity contribution in [3.05, 3.63) is 77.2 Å². The first-order valence-electron chi connectivity index (χ1n) is 9.75. The van der Waals surface area contributed by atoms with Crippen LogP contribution in [0.15, 0.2) is 70.5 Å². The average Bonchev–Trinajstić information content (AvgIpc) is 3.23. The van der Waals surface area contributed by atoms with Crippen LogP contribution < -0.4 is 16.1 Å². The van der Waals surface area contributed by atoms with Gasteiger partial charge in [0.25, 0.3) is 0 Å². The predicted octanol–water partition coefficient (Wildman–Crippen LogP) is 4.48. The number of pyridine rings is 1. The Morgan fingerprint density at radius 3 is 2.79 bits per heavy atom. The number of halogens is 3. The molecule has 0 aliphatic rings. The van der Waals surface area contributed by atoms with Gasteiger partial charge in [0.15, 0.2) is 5.49 Å². The van der Waals surface area contributed by atoms with Crippen molar-refractivity contribution >= 4 is 23.3 Å². The van der Waals surface area contributed by atoms with Crippen LogP contribution in [0.1, 0.15) is 11.3 Å². The largest absolute Gasteiger partial charge is 0.416 e. The van der Waals surface area contributed by atoms with Crippen LogP contribution in [0, 0.1) is 19.3 Å². The van der Waals surface area contributed by atoms with Gasteiger partial charge in [-0.05, 0) is 54.4 Å². The number of aromatic nitrogens is 2. The fourth-order valence-corrected chi connectivity index (χ4v) is 3.53. The molecule has 0 saturated carbocycles. The molecule has 1 aromatic carbocycles. The van der Waals surface area contributed by atoms with Gasteiger partial charge < -0.3 is 5.32 Å². The number of aryl methyl sites for hydroxylation is 1. The summed E-state index contributed by atoms with van der Waals surface area (Å²) < 4.78 is 45.1. The second kappa shape index (κ2) is 10.8. The molecule has 0 aliphatic carbocycles. The smallest absolute Gasteiger partial charge is 0.351 e. The summed E-state index contributed by atoms with van der Waals surface area (Å²) in [5.41, 5.74) is 2.07. The molecule has 0 amide bonds. The van der Waals surface area contributed by atoms with E-state index in [4.69, 9.17) is 6.42 Å². The van der Waals surface area contributed by atoms with Crippen LogP contribution in [-0.2, 0) is 6.18 Å². The number of nitrogens with one attached hydrogen (secondary N) is 2. The van der Waals surface area contributed by atoms with Crippen LogP contribution in [0.25, 0.3) is 11.1 Å². The second-order valence-corrected chi connectivity index (χ2v) is 7.65. The van der Waals surface area contributed by atoms with Gasteiger partial charge in [-0.2, -0.15) is 22.6 Å². The first-order chi connectivity index (χ1) is 15.8. The molecule has 0 unspecified atom stereocenters. The van der Waals surface area contributed by atoms with E-state index < -0.39 is 11.7 Å². The van der Waals surface area contributed by atoms with Gasteiger partial charge in [-0.15, -0.1) is 6.42 Å². The Morgan fingerprint density at radius 1 is 1.30 bits per heavy atom. The number of hydrogen-bond acceptors (Lipinski definition) is 6. The lowest BCUT2D eigenvalue weighted by atomic mass is 10.0. The van der Waals surface area contributed by atoms with Crippen molar-refractivity contribution in [1.82, 2.24) is 14.4 Å². The lowest BCUT2D eigenvalue weighted by molar-refractivity contribution is -0.137. The van der Waals surface area contributed by atoms with E-state index in [9.17, 15) is 13.2 Å². The minimum Gasteiger partial charge on any atom is -0.351 e. The van der Waals surface area contributed by atoms with Gasteiger partial charge in [-0.25, -0.2) is 4.68 Å². The van der Waals surface area contributed by atoms with Crippen molar-refractivity contribution in [2.24, 2.45) is 10.1 Å². The quantitative estimate of drug-likeness (QED) is 0.290. The maximum Gasteiger partial charge on any atom is 0.416 e. The molecule has 0 fully saturated rings. The fourth-order valence-electron chi connectivity index (χ4n) is 2.90. The van der Waals surface area contributed by atoms with E-state index in [1.54, 1.807) is 30.6 Å². The minimum atomic E-state index is -4.44. The number of anilines is 1. The van der Waals surface area contributed by atoms with Crippen molar-refractivity contribution in [1.29, 1.82) is 0 Å². The van der Waals surface area contributed by atoms with Crippen molar-refractivity contribution < 1.29 is 13.2 Å². The lowest BCUT2D eigenvalue weighted by Gasteiger charge is -2.11. The number of nitrogens with zero attached hydrogens (tertiary/aromatic N) is 4. The summed E-state index contributed by atoms with van der Waals surface area (Å²) >= 11 is 1.33. The van der Waals surface area contributed by atoms with E-state index in [1.807, 2.05) is 13.0 Å². The molecule has 0 radical (unpaired) electrons. The highest BCUT2D eigenvalue weighted by molar-refractivity contribution is 7.10. The zero-order valence-corrected chi connectivity index (χ0v) is 18.5. The maximum absolute atomic E-state index is 13.2. The van der Waals surface area contributed by atoms with E-state index in [2.05, 4.69) is 37.7 Å². The molecule has 10 heteroatoms. The molecular weight excluding hydrogens is 449 g/mol. The Morgan fingerprint density at radius 2 is 2.12 bits per heavy atom. The summed E-state index contributed by atoms with van der Waals surface area (Å²) in [5.74, 6) is 2.60. The highest BCUT2D eigenvalue weighted by Gasteiger charge is 2.30. The van der Waals surface area contributed by atoms with Crippen molar-refractivity contribution in [3.8, 4) is 23.5 Å². The third-order valence-corrected chi connectivity index (χ3v) is 5.27. The van der Waals surface area contributed by atoms with Crippen LogP contribution in [0.5, 0.6) is 0 Å². The molecule has 0 aliphatic heterocycles. The maximum atomic E-state index is 13.2. The summed E-state index contributed by atoms with van der Waals surface area (Å²) in [6.07, 6.45) is 4.46. The highest BCUT2D eigenvalue weighted by atomic mass is 32.1. The number of benzene rings is 1. The van der Waals surface area contributed by atoms with Crippen molar-refractivity contribution in [2.75, 3.05) is 18.5 Å². The molecule has 2 heterocycles. The first kappa shape index (κ1) is 24.0. The van der Waals surface area contributed by atoms with Gasteiger partial charge in [-0.1, -0.05) is 18.1 Å². The van der Waals surface area contributed by atoms with Crippen LogP contribution >= 0.6 is 11.5 Å². The zero-order valence-electron chi connectivity index (χ0n) is 17.7. The van der Waals surface area contributed by atoms with Gasteiger partial charge >= 0.3 is 6.18 Å². The molecule has 170 valence electrons. The fraction of sp³-hybridized carbons (Fsp3) is 0.174. The molecule has 33 heavy (non-hydrogen) atoms. The monoisotopic (exact) mass is 470 g/mol. The Hall–Kier alpha value is -3.68. The van der Waals surface area contributed by atoms with Crippen molar-refractivity contribution in [2.45, 2.75) is 13.1 Å². The number of rotatable bonds is 8. The molecule has 3 aromatic rings.